The van der Waals surface area contributed by atoms with E-state index in [1.807, 2.05) is 6.20 Å². The Morgan fingerprint density at radius 3 is 2.88 bits per heavy atom. The number of nitrogens with one attached hydrogen (secondary N) is 1. The molecule has 47 valence electrons. The Morgan fingerprint density at radius 1 is 1.62 bits per heavy atom. The molecule has 0 bridgehead atoms. The van der Waals surface area contributed by atoms with Crippen molar-refractivity contribution in [2.24, 2.45) is 0 Å². The zero-order chi connectivity index (χ0) is 6.24. The molecule has 0 atom stereocenters. The second-order valence-electron chi connectivity index (χ2n) is 1.60. The number of allylic oxidation sites excluding steroid dienone is 1. The lowest BCUT2D eigenvalue weighted by Crippen LogP contribution is -2.00. The van der Waals surface area contributed by atoms with Crippen LogP contribution in [0.3, 0.4) is 0 Å². The van der Waals surface area contributed by atoms with Crippen LogP contribution in [-0.2, 0) is 0 Å². The molecule has 8 heavy (non-hydrogen) atoms. The molecule has 0 aliphatic carbocycles. The highest BCUT2D eigenvalue weighted by Gasteiger charge is 1.69. The molecule has 0 aromatic carbocycles. The summed E-state index contributed by atoms with van der Waals surface area (Å²) in [5.74, 6) is 0. The van der Waals surface area contributed by atoms with Crippen molar-refractivity contribution in [2.75, 3.05) is 6.54 Å². The van der Waals surface area contributed by atoms with Gasteiger partial charge in [0.15, 0.2) is 0 Å². The summed E-state index contributed by atoms with van der Waals surface area (Å²) in [6.45, 7) is 6.79. The number of unbranched alkanes of at least 4 members (excludes halogenated alkanes) is 1. The lowest BCUT2D eigenvalue weighted by molar-refractivity contribution is 0.905. The van der Waals surface area contributed by atoms with Gasteiger partial charge in [-0.2, -0.15) is 0 Å². The summed E-state index contributed by atoms with van der Waals surface area (Å²) in [6.07, 6.45) is 6.14. The zero-order valence-corrected chi connectivity index (χ0v) is 5.48. The number of hydrogen-bond acceptors (Lipinski definition) is 1. The summed E-state index contributed by atoms with van der Waals surface area (Å²) < 4.78 is 0. The minimum absolute atomic E-state index is 0.988. The Kier molecular flexibility index (Phi) is 6.16. The van der Waals surface area contributed by atoms with E-state index in [0.29, 0.717) is 0 Å². The normalized spacial score (nSPS) is 10.2. The van der Waals surface area contributed by atoms with E-state index in [4.69, 9.17) is 0 Å². The fourth-order valence-corrected chi connectivity index (χ4v) is 0.402. The highest BCUT2D eigenvalue weighted by atomic mass is 14.8. The summed E-state index contributed by atoms with van der Waals surface area (Å²) in [5, 5.41) is 3.07. The van der Waals surface area contributed by atoms with E-state index in [9.17, 15) is 0 Å². The highest BCUT2D eigenvalue weighted by Crippen LogP contribution is 1.84. The van der Waals surface area contributed by atoms with Gasteiger partial charge >= 0.3 is 0 Å². The van der Waals surface area contributed by atoms with Crippen LogP contribution in [-0.4, -0.2) is 6.54 Å². The molecule has 0 unspecified atom stereocenters. The fourth-order valence-electron chi connectivity index (χ4n) is 0.402. The van der Waals surface area contributed by atoms with E-state index < -0.39 is 0 Å². The van der Waals surface area contributed by atoms with E-state index in [1.54, 1.807) is 0 Å². The molecule has 0 saturated carbocycles. The van der Waals surface area contributed by atoms with Gasteiger partial charge in [0.25, 0.3) is 0 Å². The molecule has 0 heterocycles. The van der Waals surface area contributed by atoms with Crippen LogP contribution in [0.2, 0.25) is 0 Å². The van der Waals surface area contributed by atoms with E-state index in [1.165, 1.54) is 0 Å². The molecule has 0 fully saturated rings. The first-order chi connectivity index (χ1) is 3.91. The summed E-state index contributed by atoms with van der Waals surface area (Å²) in [7, 11) is 0. The number of hydrogen-bond donors (Lipinski definition) is 1. The van der Waals surface area contributed by atoms with Crippen LogP contribution in [0.25, 0.3) is 0 Å². The maximum Gasteiger partial charge on any atom is 0.0112 e. The Balaban J connectivity index is 2.83. The van der Waals surface area contributed by atoms with Crippen molar-refractivity contribution in [1.29, 1.82) is 0 Å². The molecule has 0 aliphatic heterocycles. The topological polar surface area (TPSA) is 12.0 Å². The van der Waals surface area contributed by atoms with Crippen molar-refractivity contribution in [3.63, 3.8) is 0 Å². The van der Waals surface area contributed by atoms with E-state index in [-0.39, 0.29) is 0 Å². The fraction of sp³-hybridized carbons (Fsp3) is 0.571. The van der Waals surface area contributed by atoms with Gasteiger partial charge in [0.2, 0.25) is 0 Å². The first kappa shape index (κ1) is 7.54. The van der Waals surface area contributed by atoms with Gasteiger partial charge in [-0.3, -0.25) is 0 Å². The van der Waals surface area contributed by atoms with Gasteiger partial charge in [-0.25, -0.2) is 0 Å². The zero-order valence-electron chi connectivity index (χ0n) is 5.48. The molecule has 0 aromatic heterocycles. The average Bonchev–Trinajstić information content (AvgIpc) is 1.81. The molecule has 0 spiro atoms. The second-order valence-corrected chi connectivity index (χ2v) is 1.60. The lowest BCUT2D eigenvalue weighted by atomic mass is 10.3. The van der Waals surface area contributed by atoms with Crippen molar-refractivity contribution in [3.8, 4) is 0 Å². The van der Waals surface area contributed by atoms with Gasteiger partial charge in [0.1, 0.15) is 0 Å². The van der Waals surface area contributed by atoms with E-state index in [2.05, 4.69) is 25.2 Å². The summed E-state index contributed by atoms with van der Waals surface area (Å²) >= 11 is 0. The van der Waals surface area contributed by atoms with Gasteiger partial charge < -0.3 is 5.32 Å². The second kappa shape index (κ2) is 6.54. The first-order valence-electron chi connectivity index (χ1n) is 3.09. The summed E-state index contributed by atoms with van der Waals surface area (Å²) in [6, 6.07) is 0. The van der Waals surface area contributed by atoms with Crippen molar-refractivity contribution in [1.82, 2.24) is 5.32 Å². The molecule has 0 saturated heterocycles. The van der Waals surface area contributed by atoms with Crippen molar-refractivity contribution in [3.05, 3.63) is 19.2 Å². The average molecular weight is 112 g/mol. The van der Waals surface area contributed by atoms with Gasteiger partial charge in [-0.15, -0.1) is 0 Å². The van der Waals surface area contributed by atoms with Crippen LogP contribution in [0.4, 0.5) is 0 Å². The summed E-state index contributed by atoms with van der Waals surface area (Å²) in [5.41, 5.74) is 0. The quantitative estimate of drug-likeness (QED) is 0.584. The standard InChI is InChI=1S/C7H14N/c1-3-5-6-7-8-4-2/h6-8H,1,3-5H2,2H3/b7-6+. The largest absolute Gasteiger partial charge is 0.391 e. The number of rotatable bonds is 4. The molecule has 0 aliphatic rings. The minimum atomic E-state index is 0.988. The third-order valence-electron chi connectivity index (χ3n) is 0.811. The minimum Gasteiger partial charge on any atom is -0.391 e. The third-order valence-corrected chi connectivity index (χ3v) is 0.811. The van der Waals surface area contributed by atoms with Crippen LogP contribution in [0.15, 0.2) is 12.3 Å². The molecule has 1 radical (unpaired) electrons. The molecular weight excluding hydrogens is 98.1 g/mol. The molecule has 1 heteroatoms. The van der Waals surface area contributed by atoms with Crippen molar-refractivity contribution < 1.29 is 0 Å². The van der Waals surface area contributed by atoms with Crippen LogP contribution in [0, 0.1) is 6.92 Å². The predicted octanol–water partition coefficient (Wildman–Crippen LogP) is 1.72. The van der Waals surface area contributed by atoms with Gasteiger partial charge in [-0.1, -0.05) is 13.0 Å². The van der Waals surface area contributed by atoms with Crippen LogP contribution in [0.1, 0.15) is 19.8 Å². The molecule has 0 rings (SSSR count). The monoisotopic (exact) mass is 112 g/mol. The Bertz CT molecular complexity index is 49.4. The van der Waals surface area contributed by atoms with Crippen molar-refractivity contribution >= 4 is 0 Å². The highest BCUT2D eigenvalue weighted by molar-refractivity contribution is 4.78. The first-order valence-corrected chi connectivity index (χ1v) is 3.09. The molecule has 1 N–H and O–H groups in total. The van der Waals surface area contributed by atoms with Crippen LogP contribution < -0.4 is 5.32 Å². The lowest BCUT2D eigenvalue weighted by Gasteiger charge is -1.89. The molecule has 0 aromatic rings. The van der Waals surface area contributed by atoms with Crippen molar-refractivity contribution in [2.45, 2.75) is 19.8 Å². The molecule has 0 amide bonds. The maximum absolute atomic E-state index is 3.70. The predicted molar refractivity (Wildman–Crippen MR) is 37.4 cm³/mol. The Labute approximate surface area is 51.8 Å². The van der Waals surface area contributed by atoms with Gasteiger partial charge in [-0.05, 0) is 26.0 Å². The summed E-state index contributed by atoms with van der Waals surface area (Å²) in [4.78, 5) is 0. The van der Waals surface area contributed by atoms with Gasteiger partial charge in [0.05, 0.1) is 0 Å². The molecule has 1 nitrogen and oxygen atoms in total. The van der Waals surface area contributed by atoms with E-state index in [0.717, 1.165) is 19.4 Å². The van der Waals surface area contributed by atoms with E-state index >= 15 is 0 Å². The Morgan fingerprint density at radius 2 is 2.38 bits per heavy atom. The smallest absolute Gasteiger partial charge is 0.0112 e. The SMILES string of the molecule is [CH2]CC/C=C/NCC. The maximum atomic E-state index is 3.70. The third kappa shape index (κ3) is 5.54. The molecular formula is C7H14N. The Hall–Kier alpha value is -0.460. The van der Waals surface area contributed by atoms with Crippen LogP contribution in [0.5, 0.6) is 0 Å². The van der Waals surface area contributed by atoms with Crippen LogP contribution >= 0.6 is 0 Å². The van der Waals surface area contributed by atoms with Gasteiger partial charge in [0, 0.05) is 6.54 Å².